The van der Waals surface area contributed by atoms with Crippen LogP contribution in [0, 0.1) is 31.1 Å². The van der Waals surface area contributed by atoms with E-state index in [0.717, 1.165) is 0 Å². The van der Waals surface area contributed by atoms with Crippen LogP contribution in [0.1, 0.15) is 47.1 Å². The molecule has 1 aromatic carbocycles. The number of amides is 1. The maximum Gasteiger partial charge on any atom is 0.341 e. The summed E-state index contributed by atoms with van der Waals surface area (Å²) < 4.78 is 35.4. The molecule has 1 aromatic heterocycles. The number of rotatable bonds is 6. The number of esters is 1. The number of carbonyl (C=O) groups excluding carboxylic acids is 2. The van der Waals surface area contributed by atoms with Gasteiger partial charge in [0.2, 0.25) is 15.9 Å². The van der Waals surface area contributed by atoms with Crippen LogP contribution in [0.25, 0.3) is 0 Å². The first kappa shape index (κ1) is 24.5. The van der Waals surface area contributed by atoms with E-state index in [2.05, 4.69) is 5.32 Å². The first-order chi connectivity index (χ1) is 15.6. The van der Waals surface area contributed by atoms with Crippen LogP contribution in [0.3, 0.4) is 0 Å². The van der Waals surface area contributed by atoms with Crippen LogP contribution >= 0.6 is 0 Å². The molecule has 9 nitrogen and oxygen atoms in total. The van der Waals surface area contributed by atoms with Crippen molar-refractivity contribution < 1.29 is 22.7 Å². The molecule has 1 atom stereocenters. The van der Waals surface area contributed by atoms with Gasteiger partial charge in [0, 0.05) is 37.2 Å². The van der Waals surface area contributed by atoms with Crippen molar-refractivity contribution in [3.8, 4) is 6.07 Å². The molecule has 0 saturated carbocycles. The molecule has 10 heteroatoms. The third-order valence-electron chi connectivity index (χ3n) is 6.02. The molecule has 0 bridgehead atoms. The molecular formula is C23H28N4O5S. The molecule has 1 aliphatic rings. The molecule has 1 fully saturated rings. The Bertz CT molecular complexity index is 1230. The molecule has 0 unspecified atom stereocenters. The Morgan fingerprint density at radius 2 is 2.00 bits per heavy atom. The Labute approximate surface area is 194 Å². The van der Waals surface area contributed by atoms with E-state index in [9.17, 15) is 18.0 Å². The molecule has 1 N–H and O–H groups in total. The number of nitrogens with one attached hydrogen (secondary N) is 1. The normalized spacial score (nSPS) is 16.8. The van der Waals surface area contributed by atoms with Crippen molar-refractivity contribution in [3.63, 3.8) is 0 Å². The van der Waals surface area contributed by atoms with E-state index in [1.807, 2.05) is 6.07 Å². The first-order valence-electron chi connectivity index (χ1n) is 10.8. The molecule has 0 spiro atoms. The highest BCUT2D eigenvalue weighted by atomic mass is 32.2. The van der Waals surface area contributed by atoms with Gasteiger partial charge in [0.1, 0.15) is 10.5 Å². The van der Waals surface area contributed by atoms with Gasteiger partial charge in [-0.25, -0.2) is 13.2 Å². The second-order valence-corrected chi connectivity index (χ2v) is 9.91. The molecule has 176 valence electrons. The van der Waals surface area contributed by atoms with Crippen LogP contribution in [0.5, 0.6) is 0 Å². The lowest BCUT2D eigenvalue weighted by Gasteiger charge is -2.31. The summed E-state index contributed by atoms with van der Waals surface area (Å²) in [5.41, 5.74) is 1.89. The average molecular weight is 473 g/mol. The van der Waals surface area contributed by atoms with Crippen molar-refractivity contribution in [3.05, 3.63) is 46.8 Å². The van der Waals surface area contributed by atoms with E-state index in [1.54, 1.807) is 56.7 Å². The third-order valence-corrected chi connectivity index (χ3v) is 8.04. The summed E-state index contributed by atoms with van der Waals surface area (Å²) in [7, 11) is -2.35. The lowest BCUT2D eigenvalue weighted by Crippen LogP contribution is -2.44. The van der Waals surface area contributed by atoms with Crippen molar-refractivity contribution in [1.29, 1.82) is 5.26 Å². The number of nitrogens with zero attached hydrogens (tertiary/aromatic N) is 3. The van der Waals surface area contributed by atoms with Gasteiger partial charge in [-0.3, -0.25) is 4.79 Å². The van der Waals surface area contributed by atoms with Gasteiger partial charge >= 0.3 is 5.97 Å². The zero-order valence-electron chi connectivity index (χ0n) is 19.2. The number of anilines is 1. The number of piperidine rings is 1. The minimum atomic E-state index is -4.05. The number of benzene rings is 1. The molecule has 3 rings (SSSR count). The molecule has 1 amide bonds. The van der Waals surface area contributed by atoms with E-state index in [1.165, 1.54) is 4.31 Å². The van der Waals surface area contributed by atoms with Gasteiger partial charge in [0.15, 0.2) is 0 Å². The average Bonchev–Trinajstić information content (AvgIpc) is 3.04. The highest BCUT2D eigenvalue weighted by Gasteiger charge is 2.39. The second-order valence-electron chi connectivity index (χ2n) is 8.04. The van der Waals surface area contributed by atoms with Crippen molar-refractivity contribution in [2.45, 2.75) is 38.5 Å². The molecule has 2 heterocycles. The van der Waals surface area contributed by atoms with Crippen LogP contribution in [0.2, 0.25) is 0 Å². The fraction of sp³-hybridized carbons (Fsp3) is 0.435. The quantitative estimate of drug-likeness (QED) is 0.645. The summed E-state index contributed by atoms with van der Waals surface area (Å²) in [6.07, 6.45) is 1.04. The number of nitriles is 1. The standard InChI is InChI=1S/C23H28N4O5S/c1-5-32-23(29)20-15(2)26(4)16(3)21(20)33(30,31)27-11-7-9-18(14-27)22(28)25-19-10-6-8-17(12-19)13-24/h6,8,10,12,18H,5,7,9,11,14H2,1-4H3,(H,25,28)/t18-/m1/s1. The number of hydrogen-bond donors (Lipinski definition) is 1. The summed E-state index contributed by atoms with van der Waals surface area (Å²) >= 11 is 0. The zero-order chi connectivity index (χ0) is 24.3. The monoisotopic (exact) mass is 472 g/mol. The van der Waals surface area contributed by atoms with Crippen LogP contribution in [-0.2, 0) is 26.6 Å². The lowest BCUT2D eigenvalue weighted by molar-refractivity contribution is -0.120. The van der Waals surface area contributed by atoms with Gasteiger partial charge in [-0.05, 0) is 51.8 Å². The molecule has 33 heavy (non-hydrogen) atoms. The maximum atomic E-state index is 13.7. The van der Waals surface area contributed by atoms with Gasteiger partial charge in [0.05, 0.1) is 24.2 Å². The van der Waals surface area contributed by atoms with Crippen LogP contribution < -0.4 is 5.32 Å². The fourth-order valence-corrected chi connectivity index (χ4v) is 6.09. The van der Waals surface area contributed by atoms with Crippen molar-refractivity contribution in [1.82, 2.24) is 8.87 Å². The second kappa shape index (κ2) is 9.77. The molecule has 1 aliphatic heterocycles. The predicted molar refractivity (Wildman–Crippen MR) is 122 cm³/mol. The van der Waals surface area contributed by atoms with Gasteiger partial charge in [-0.2, -0.15) is 9.57 Å². The Balaban J connectivity index is 1.88. The van der Waals surface area contributed by atoms with Crippen LogP contribution in [0.4, 0.5) is 5.69 Å². The summed E-state index contributed by atoms with van der Waals surface area (Å²) in [6, 6.07) is 8.57. The lowest BCUT2D eigenvalue weighted by atomic mass is 9.98. The fourth-order valence-electron chi connectivity index (χ4n) is 4.09. The largest absolute Gasteiger partial charge is 0.462 e. The zero-order valence-corrected chi connectivity index (χ0v) is 20.0. The number of carbonyl (C=O) groups is 2. The third kappa shape index (κ3) is 4.79. The Morgan fingerprint density at radius 3 is 2.67 bits per heavy atom. The minimum absolute atomic E-state index is 0.00174. The van der Waals surface area contributed by atoms with Gasteiger partial charge in [0.25, 0.3) is 0 Å². The summed E-state index contributed by atoms with van der Waals surface area (Å²) in [6.45, 7) is 5.38. The topological polar surface area (TPSA) is 122 Å². The van der Waals surface area contributed by atoms with E-state index in [-0.39, 0.29) is 36.1 Å². The van der Waals surface area contributed by atoms with Crippen molar-refractivity contribution in [2.24, 2.45) is 13.0 Å². The molecular weight excluding hydrogens is 444 g/mol. The molecule has 1 saturated heterocycles. The van der Waals surface area contributed by atoms with E-state index < -0.39 is 21.9 Å². The van der Waals surface area contributed by atoms with Crippen molar-refractivity contribution in [2.75, 3.05) is 25.0 Å². The summed E-state index contributed by atoms with van der Waals surface area (Å²) in [4.78, 5) is 25.4. The Kier molecular flexibility index (Phi) is 7.25. The van der Waals surface area contributed by atoms with Gasteiger partial charge in [-0.15, -0.1) is 0 Å². The predicted octanol–water partition coefficient (Wildman–Crippen LogP) is 2.73. The first-order valence-corrected chi connectivity index (χ1v) is 12.2. The van der Waals surface area contributed by atoms with Crippen LogP contribution in [-0.4, -0.2) is 48.9 Å². The SMILES string of the molecule is CCOC(=O)c1c(S(=O)(=O)N2CCC[C@@H](C(=O)Nc3cccc(C#N)c3)C2)c(C)n(C)c1C. The molecule has 0 aliphatic carbocycles. The number of hydrogen-bond acceptors (Lipinski definition) is 6. The van der Waals surface area contributed by atoms with Gasteiger partial charge in [-0.1, -0.05) is 6.07 Å². The van der Waals surface area contributed by atoms with Crippen LogP contribution in [0.15, 0.2) is 29.2 Å². The Morgan fingerprint density at radius 1 is 1.27 bits per heavy atom. The van der Waals surface area contributed by atoms with E-state index >= 15 is 0 Å². The molecule has 0 radical (unpaired) electrons. The number of ether oxygens (including phenoxy) is 1. The smallest absolute Gasteiger partial charge is 0.341 e. The Hall–Kier alpha value is -3.16. The maximum absolute atomic E-state index is 13.7. The highest BCUT2D eigenvalue weighted by molar-refractivity contribution is 7.89. The highest BCUT2D eigenvalue weighted by Crippen LogP contribution is 2.32. The number of sulfonamides is 1. The van der Waals surface area contributed by atoms with E-state index in [4.69, 9.17) is 10.00 Å². The summed E-state index contributed by atoms with van der Waals surface area (Å²) in [5, 5.41) is 11.8. The van der Waals surface area contributed by atoms with Gasteiger partial charge < -0.3 is 14.6 Å². The van der Waals surface area contributed by atoms with E-state index in [0.29, 0.717) is 35.5 Å². The van der Waals surface area contributed by atoms with Crippen molar-refractivity contribution >= 4 is 27.6 Å². The summed E-state index contributed by atoms with van der Waals surface area (Å²) in [5.74, 6) is -1.55. The number of aromatic nitrogens is 1. The molecule has 2 aromatic rings. The minimum Gasteiger partial charge on any atom is -0.462 e.